The number of para-hydroxylation sites is 7. The lowest BCUT2D eigenvalue weighted by Gasteiger charge is -2.23. The van der Waals surface area contributed by atoms with E-state index in [1.807, 2.05) is 60.0 Å². The van der Waals surface area contributed by atoms with E-state index in [-0.39, 0.29) is 94.2 Å². The Bertz CT molecular complexity index is 6020. The predicted octanol–water partition coefficient (Wildman–Crippen LogP) is 13.7. The molecular formula is C78H59F3N12O6. The number of halogens is 3. The van der Waals surface area contributed by atoms with Gasteiger partial charge in [-0.2, -0.15) is 29.3 Å². The minimum Gasteiger partial charge on any atom is -0.339 e. The van der Waals surface area contributed by atoms with Gasteiger partial charge in [-0.25, -0.2) is 13.2 Å². The molecule has 0 unspecified atom stereocenters. The molecule has 15 aromatic rings. The van der Waals surface area contributed by atoms with Crippen LogP contribution < -0.4 is 31.4 Å². The van der Waals surface area contributed by atoms with E-state index in [9.17, 15) is 4.79 Å². The van der Waals surface area contributed by atoms with Crippen molar-refractivity contribution in [2.45, 2.75) is 33.9 Å². The second kappa shape index (κ2) is 25.1. The minimum atomic E-state index is -0.761. The van der Waals surface area contributed by atoms with E-state index in [1.54, 1.807) is 157 Å². The molecule has 21 heteroatoms. The monoisotopic (exact) mass is 1320 g/mol. The van der Waals surface area contributed by atoms with Crippen LogP contribution in [-0.4, -0.2) is 80.4 Å². The number of carbonyl (C=O) groups excluding carboxylic acids is 3. The van der Waals surface area contributed by atoms with E-state index in [0.717, 1.165) is 9.36 Å². The van der Waals surface area contributed by atoms with Gasteiger partial charge in [-0.1, -0.05) is 127 Å². The molecule has 0 bridgehead atoms. The molecule has 0 aliphatic rings. The quantitative estimate of drug-likeness (QED) is 0.0909. The number of hydrogen-bond acceptors (Lipinski definition) is 9. The van der Waals surface area contributed by atoms with Crippen molar-refractivity contribution < 1.29 is 27.6 Å². The molecule has 6 aromatic heterocycles. The number of rotatable bonds is 16. The number of amides is 3. The molecule has 6 heterocycles. The number of benzene rings is 9. The van der Waals surface area contributed by atoms with Crippen molar-refractivity contribution in [2.75, 3.05) is 34.3 Å². The first-order valence-corrected chi connectivity index (χ1v) is 32.2. The summed E-state index contributed by atoms with van der Waals surface area (Å²) in [5.41, 5.74) is 1.84. The predicted molar refractivity (Wildman–Crippen MR) is 379 cm³/mol. The molecule has 9 aromatic carbocycles. The zero-order chi connectivity index (χ0) is 68.5. The summed E-state index contributed by atoms with van der Waals surface area (Å²) >= 11 is 0. The van der Waals surface area contributed by atoms with Gasteiger partial charge in [0.15, 0.2) is 17.1 Å². The molecule has 99 heavy (non-hydrogen) atoms. The fourth-order valence-corrected chi connectivity index (χ4v) is 13.8. The van der Waals surface area contributed by atoms with Crippen LogP contribution in [0.3, 0.4) is 0 Å². The van der Waals surface area contributed by atoms with E-state index in [0.29, 0.717) is 66.3 Å². The molecule has 0 atom stereocenters. The highest BCUT2D eigenvalue weighted by Crippen LogP contribution is 2.37. The van der Waals surface area contributed by atoms with Crippen molar-refractivity contribution in [1.82, 2.24) is 43.0 Å². The maximum atomic E-state index is 16.8. The van der Waals surface area contributed by atoms with Gasteiger partial charge in [-0.3, -0.25) is 28.8 Å². The molecule has 0 spiro atoms. The topological polar surface area (TPSA) is 180 Å². The highest BCUT2D eigenvalue weighted by Gasteiger charge is 2.33. The van der Waals surface area contributed by atoms with Crippen LogP contribution in [-0.2, 0) is 20.1 Å². The molecule has 0 saturated heterocycles. The molecule has 18 nitrogen and oxygen atoms in total. The summed E-state index contributed by atoms with van der Waals surface area (Å²) in [5.74, 6) is -3.99. The maximum Gasteiger partial charge on any atom is 0.296 e. The van der Waals surface area contributed by atoms with Crippen LogP contribution in [0.4, 0.5) is 30.2 Å². The van der Waals surface area contributed by atoms with Crippen LogP contribution in [0.2, 0.25) is 0 Å². The van der Waals surface area contributed by atoms with Crippen molar-refractivity contribution in [2.24, 2.45) is 7.05 Å². The van der Waals surface area contributed by atoms with Gasteiger partial charge in [-0.05, 0) is 129 Å². The third kappa shape index (κ3) is 10.4. The lowest BCUT2D eigenvalue weighted by molar-refractivity contribution is 0.0976. The summed E-state index contributed by atoms with van der Waals surface area (Å²) in [6, 6.07) is 61.9. The Balaban J connectivity index is 0.841. The van der Waals surface area contributed by atoms with Gasteiger partial charge in [0.05, 0.1) is 5.69 Å². The summed E-state index contributed by atoms with van der Waals surface area (Å²) in [6.45, 7) is 5.52. The molecule has 0 radical (unpaired) electrons. The van der Waals surface area contributed by atoms with E-state index in [2.05, 4.69) is 10.2 Å². The number of anilines is 3. The Morgan fingerprint density at radius 1 is 0.384 bits per heavy atom. The standard InChI is InChI=1S/C78H59F3N12O6/c1-5-86(50-26-10-8-11-27-50)73(94)69-66-56-33-16-21-38-61(56)90(72(66)78(99)93(84-69)63-40-23-18-35-58(63)81)46-48-41-49(79)44-53(43-48)88(7-3)75(96)68-65-55-32-15-20-37-60(55)89(71(65)77(98)91(82-68)51-28-12-9-13-29-51)45-47-25-24-30-52(42-47)87(6-2)74(95)67-64-54-31-14-19-36-59(54)85(4)70(64)76(97)92(83-67)62-39-22-17-34-57(62)80/h8-44H,5-7,45-46H2,1-4H3. The largest absolute Gasteiger partial charge is 0.339 e. The third-order valence-electron chi connectivity index (χ3n) is 18.2. The normalized spacial score (nSPS) is 11.6. The molecule has 3 amide bonds. The average Bonchev–Trinajstić information content (AvgIpc) is 1.57. The molecule has 0 N–H and O–H groups in total. The summed E-state index contributed by atoms with van der Waals surface area (Å²) < 4.78 is 56.4. The van der Waals surface area contributed by atoms with Gasteiger partial charge in [-0.15, -0.1) is 0 Å². The maximum absolute atomic E-state index is 16.8. The summed E-state index contributed by atoms with van der Waals surface area (Å²) in [4.78, 5) is 95.9. The lowest BCUT2D eigenvalue weighted by atomic mass is 10.1. The number of fused-ring (bicyclic) bond motifs is 9. The van der Waals surface area contributed by atoms with E-state index >= 15 is 37.1 Å². The zero-order valence-corrected chi connectivity index (χ0v) is 53.8. The Hall–Kier alpha value is -12.8. The van der Waals surface area contributed by atoms with Gasteiger partial charge >= 0.3 is 0 Å². The van der Waals surface area contributed by atoms with Crippen LogP contribution in [0.1, 0.15) is 63.4 Å². The van der Waals surface area contributed by atoms with Gasteiger partial charge in [0.1, 0.15) is 45.4 Å². The molecule has 0 saturated carbocycles. The smallest absolute Gasteiger partial charge is 0.296 e. The molecule has 0 aliphatic carbocycles. The first-order valence-electron chi connectivity index (χ1n) is 32.2. The summed E-state index contributed by atoms with van der Waals surface area (Å²) in [7, 11) is 1.72. The van der Waals surface area contributed by atoms with Crippen molar-refractivity contribution in [1.29, 1.82) is 0 Å². The Kier molecular flexibility index (Phi) is 15.8. The SMILES string of the molecule is CCN(C(=O)c1nn(-c2ccccc2F)c(=O)c2c1c1ccccc1n2C)c1cccc(Cn2c3ccccc3c3c(C(=O)N(CC)c4cc(F)cc(Cn5c6ccccc6c6c(C(=O)N(CC)c7ccccc7)nn(-c7ccccc7F)c(=O)c65)c4)nn(-c4ccccc4)c(=O)c32)c1. The first kappa shape index (κ1) is 62.3. The van der Waals surface area contributed by atoms with Crippen molar-refractivity contribution in [3.63, 3.8) is 0 Å². The molecule has 0 fully saturated rings. The molecule has 488 valence electrons. The van der Waals surface area contributed by atoms with Crippen molar-refractivity contribution in [3.05, 3.63) is 301 Å². The van der Waals surface area contributed by atoms with Crippen molar-refractivity contribution in [3.8, 4) is 17.1 Å². The second-order valence-corrected chi connectivity index (χ2v) is 23.9. The fourth-order valence-electron chi connectivity index (χ4n) is 13.8. The average molecular weight is 1320 g/mol. The fraction of sp³-hybridized carbons (Fsp3) is 0.115. The van der Waals surface area contributed by atoms with E-state index in [4.69, 9.17) is 5.10 Å². The number of carbonyl (C=O) groups is 3. The van der Waals surface area contributed by atoms with Gasteiger partial charge in [0, 0.05) is 106 Å². The van der Waals surface area contributed by atoms with E-state index in [1.165, 1.54) is 67.9 Å². The zero-order valence-electron chi connectivity index (χ0n) is 53.8. The van der Waals surface area contributed by atoms with E-state index < -0.39 is 51.9 Å². The number of hydrogen-bond donors (Lipinski definition) is 0. The van der Waals surface area contributed by atoms with Crippen LogP contribution in [0.25, 0.3) is 82.5 Å². The number of aryl methyl sites for hydroxylation is 1. The lowest BCUT2D eigenvalue weighted by Crippen LogP contribution is -2.35. The van der Waals surface area contributed by atoms with Crippen molar-refractivity contribution >= 4 is 100 Å². The van der Waals surface area contributed by atoms with Gasteiger partial charge in [0.25, 0.3) is 34.4 Å². The first-order chi connectivity index (χ1) is 48.2. The molecule has 0 aliphatic heterocycles. The van der Waals surface area contributed by atoms with Crippen LogP contribution >= 0.6 is 0 Å². The highest BCUT2D eigenvalue weighted by atomic mass is 19.1. The number of nitrogens with zero attached hydrogens (tertiary/aromatic N) is 12. The van der Waals surface area contributed by atoms with Gasteiger partial charge in [0.2, 0.25) is 0 Å². The Morgan fingerprint density at radius 3 is 1.31 bits per heavy atom. The summed E-state index contributed by atoms with van der Waals surface area (Å²) in [6.07, 6.45) is 0. The highest BCUT2D eigenvalue weighted by molar-refractivity contribution is 6.23. The Morgan fingerprint density at radius 2 is 0.778 bits per heavy atom. The Labute approximate surface area is 561 Å². The second-order valence-electron chi connectivity index (χ2n) is 23.9. The van der Waals surface area contributed by atoms with Crippen LogP contribution in [0.15, 0.2) is 239 Å². The third-order valence-corrected chi connectivity index (χ3v) is 18.2. The summed E-state index contributed by atoms with van der Waals surface area (Å²) in [5, 5.41) is 16.6. The van der Waals surface area contributed by atoms with Crippen LogP contribution in [0, 0.1) is 17.5 Å². The molecule has 15 rings (SSSR count). The molecular weight excluding hydrogens is 1260 g/mol. The number of aromatic nitrogens is 9. The minimum absolute atomic E-state index is 0.00673. The van der Waals surface area contributed by atoms with Gasteiger partial charge < -0.3 is 28.4 Å². The van der Waals surface area contributed by atoms with Crippen LogP contribution in [0.5, 0.6) is 0 Å².